The molecular weight excluding hydrogens is 395 g/mol. The highest BCUT2D eigenvalue weighted by molar-refractivity contribution is 6.42. The maximum atomic E-state index is 12.2. The molecule has 0 N–H and O–H groups in total. The minimum Gasteiger partial charge on any atom is -0.493 e. The Hall–Kier alpha value is -2.75. The predicted octanol–water partition coefficient (Wildman–Crippen LogP) is 6.48. The quantitative estimate of drug-likeness (QED) is 0.329. The first-order valence-corrected chi connectivity index (χ1v) is 9.34. The Morgan fingerprint density at radius 1 is 0.929 bits per heavy atom. The summed E-state index contributed by atoms with van der Waals surface area (Å²) in [5, 5.41) is 0.988. The van der Waals surface area contributed by atoms with Crippen LogP contribution >= 0.6 is 23.2 Å². The monoisotopic (exact) mass is 412 g/mol. The fourth-order valence-electron chi connectivity index (χ4n) is 2.57. The SMILES string of the molecule is COc1cc(C=CC(=O)c2ccccc2)ccc1OCc1ccc(Cl)c(Cl)c1. The van der Waals surface area contributed by atoms with E-state index in [1.54, 1.807) is 43.5 Å². The first-order valence-electron chi connectivity index (χ1n) is 8.59. The summed E-state index contributed by atoms with van der Waals surface area (Å²) in [6.45, 7) is 0.328. The summed E-state index contributed by atoms with van der Waals surface area (Å²) in [7, 11) is 1.57. The summed E-state index contributed by atoms with van der Waals surface area (Å²) < 4.78 is 11.3. The van der Waals surface area contributed by atoms with Crippen LogP contribution in [0, 0.1) is 0 Å². The van der Waals surface area contributed by atoms with Crippen LogP contribution in [0.3, 0.4) is 0 Å². The Kier molecular flexibility index (Phi) is 6.75. The number of ether oxygens (including phenoxy) is 2. The highest BCUT2D eigenvalue weighted by Crippen LogP contribution is 2.30. The van der Waals surface area contributed by atoms with Crippen LogP contribution in [0.25, 0.3) is 6.08 Å². The van der Waals surface area contributed by atoms with Crippen molar-refractivity contribution in [3.63, 3.8) is 0 Å². The van der Waals surface area contributed by atoms with Gasteiger partial charge < -0.3 is 9.47 Å². The smallest absolute Gasteiger partial charge is 0.185 e. The molecule has 0 amide bonds. The topological polar surface area (TPSA) is 35.5 Å². The Balaban J connectivity index is 1.70. The van der Waals surface area contributed by atoms with Crippen molar-refractivity contribution in [1.29, 1.82) is 0 Å². The lowest BCUT2D eigenvalue weighted by atomic mass is 10.1. The summed E-state index contributed by atoms with van der Waals surface area (Å²) >= 11 is 12.0. The van der Waals surface area contributed by atoms with Crippen LogP contribution in [0.15, 0.2) is 72.8 Å². The molecule has 0 spiro atoms. The van der Waals surface area contributed by atoms with Gasteiger partial charge in [-0.25, -0.2) is 0 Å². The lowest BCUT2D eigenvalue weighted by molar-refractivity contribution is 0.104. The van der Waals surface area contributed by atoms with E-state index in [1.165, 1.54) is 0 Å². The lowest BCUT2D eigenvalue weighted by Gasteiger charge is -2.12. The van der Waals surface area contributed by atoms with Crippen LogP contribution < -0.4 is 9.47 Å². The van der Waals surface area contributed by atoms with Gasteiger partial charge in [0.25, 0.3) is 0 Å². The van der Waals surface area contributed by atoms with Crippen LogP contribution in [0.2, 0.25) is 10.0 Å². The van der Waals surface area contributed by atoms with Gasteiger partial charge in [0.2, 0.25) is 0 Å². The molecule has 0 atom stereocenters. The molecule has 0 heterocycles. The fourth-order valence-corrected chi connectivity index (χ4v) is 2.89. The lowest BCUT2D eigenvalue weighted by Crippen LogP contribution is -1.98. The van der Waals surface area contributed by atoms with E-state index in [9.17, 15) is 4.79 Å². The minimum atomic E-state index is -0.0560. The second-order valence-electron chi connectivity index (χ2n) is 6.01. The summed E-state index contributed by atoms with van der Waals surface area (Å²) in [5.41, 5.74) is 2.38. The van der Waals surface area contributed by atoms with E-state index in [0.717, 1.165) is 11.1 Å². The molecule has 0 unspecified atom stereocenters. The summed E-state index contributed by atoms with van der Waals surface area (Å²) in [6, 6.07) is 20.0. The third-order valence-electron chi connectivity index (χ3n) is 4.05. The van der Waals surface area contributed by atoms with Gasteiger partial charge >= 0.3 is 0 Å². The number of rotatable bonds is 7. The zero-order valence-electron chi connectivity index (χ0n) is 15.2. The molecule has 3 aromatic carbocycles. The Morgan fingerprint density at radius 2 is 1.71 bits per heavy atom. The van der Waals surface area contributed by atoms with Crippen LogP contribution in [0.1, 0.15) is 21.5 Å². The van der Waals surface area contributed by atoms with Crippen molar-refractivity contribution in [3.05, 3.63) is 99.5 Å². The van der Waals surface area contributed by atoms with Crippen molar-refractivity contribution >= 4 is 35.1 Å². The standard InChI is InChI=1S/C23H18Cl2O3/c1-27-23-14-16(8-11-21(26)18-5-3-2-4-6-18)9-12-22(23)28-15-17-7-10-19(24)20(25)13-17/h2-14H,15H2,1H3. The zero-order chi connectivity index (χ0) is 19.9. The number of hydrogen-bond acceptors (Lipinski definition) is 3. The van der Waals surface area contributed by atoms with E-state index in [2.05, 4.69) is 0 Å². The van der Waals surface area contributed by atoms with Crippen molar-refractivity contribution in [2.45, 2.75) is 6.61 Å². The average Bonchev–Trinajstić information content (AvgIpc) is 2.73. The van der Waals surface area contributed by atoms with Crippen molar-refractivity contribution in [2.24, 2.45) is 0 Å². The molecule has 3 rings (SSSR count). The van der Waals surface area contributed by atoms with Crippen molar-refractivity contribution < 1.29 is 14.3 Å². The van der Waals surface area contributed by atoms with Crippen molar-refractivity contribution in [3.8, 4) is 11.5 Å². The summed E-state index contributed by atoms with van der Waals surface area (Å²) in [6.07, 6.45) is 3.29. The Bertz CT molecular complexity index is 998. The van der Waals surface area contributed by atoms with Crippen molar-refractivity contribution in [2.75, 3.05) is 7.11 Å². The number of methoxy groups -OCH3 is 1. The van der Waals surface area contributed by atoms with Crippen molar-refractivity contribution in [1.82, 2.24) is 0 Å². The van der Waals surface area contributed by atoms with Crippen LogP contribution in [-0.4, -0.2) is 12.9 Å². The minimum absolute atomic E-state index is 0.0560. The van der Waals surface area contributed by atoms with Crippen LogP contribution in [-0.2, 0) is 6.61 Å². The number of hydrogen-bond donors (Lipinski definition) is 0. The van der Waals surface area contributed by atoms with Gasteiger partial charge in [-0.2, -0.15) is 0 Å². The molecule has 0 aliphatic carbocycles. The largest absolute Gasteiger partial charge is 0.493 e. The predicted molar refractivity (Wildman–Crippen MR) is 114 cm³/mol. The highest BCUT2D eigenvalue weighted by atomic mass is 35.5. The van der Waals surface area contributed by atoms with Gasteiger partial charge in [0.15, 0.2) is 17.3 Å². The molecule has 28 heavy (non-hydrogen) atoms. The number of ketones is 1. The molecule has 0 fully saturated rings. The molecular formula is C23H18Cl2O3. The maximum absolute atomic E-state index is 12.2. The number of benzene rings is 3. The van der Waals surface area contributed by atoms with E-state index in [0.29, 0.717) is 33.7 Å². The second-order valence-corrected chi connectivity index (χ2v) is 6.83. The number of allylic oxidation sites excluding steroid dienone is 1. The normalized spacial score (nSPS) is 10.8. The molecule has 0 aliphatic heterocycles. The molecule has 0 saturated heterocycles. The fraction of sp³-hybridized carbons (Fsp3) is 0.0870. The molecule has 5 heteroatoms. The molecule has 0 radical (unpaired) electrons. The first kappa shape index (κ1) is 20.0. The second kappa shape index (κ2) is 9.45. The third-order valence-corrected chi connectivity index (χ3v) is 4.79. The number of halogens is 2. The molecule has 142 valence electrons. The van der Waals surface area contributed by atoms with Gasteiger partial charge in [0, 0.05) is 5.56 Å². The van der Waals surface area contributed by atoms with Gasteiger partial charge in [-0.15, -0.1) is 0 Å². The van der Waals surface area contributed by atoms with Gasteiger partial charge in [0.05, 0.1) is 17.2 Å². The third kappa shape index (κ3) is 5.16. The van der Waals surface area contributed by atoms with E-state index >= 15 is 0 Å². The number of carbonyl (C=O) groups is 1. The van der Waals surface area contributed by atoms with E-state index < -0.39 is 0 Å². The average molecular weight is 413 g/mol. The zero-order valence-corrected chi connectivity index (χ0v) is 16.7. The highest BCUT2D eigenvalue weighted by Gasteiger charge is 2.07. The van der Waals surface area contributed by atoms with Gasteiger partial charge in [-0.1, -0.05) is 71.7 Å². The Morgan fingerprint density at radius 3 is 2.43 bits per heavy atom. The molecule has 0 aliphatic rings. The first-order chi connectivity index (χ1) is 13.6. The van der Waals surface area contributed by atoms with E-state index in [1.807, 2.05) is 42.5 Å². The van der Waals surface area contributed by atoms with E-state index in [-0.39, 0.29) is 5.78 Å². The van der Waals surface area contributed by atoms with Gasteiger partial charge in [0.1, 0.15) is 6.61 Å². The van der Waals surface area contributed by atoms with Gasteiger partial charge in [-0.3, -0.25) is 4.79 Å². The van der Waals surface area contributed by atoms with Gasteiger partial charge in [-0.05, 0) is 41.5 Å². The molecule has 0 bridgehead atoms. The van der Waals surface area contributed by atoms with Crippen LogP contribution in [0.5, 0.6) is 11.5 Å². The van der Waals surface area contributed by atoms with Crippen LogP contribution in [0.4, 0.5) is 0 Å². The van der Waals surface area contributed by atoms with E-state index in [4.69, 9.17) is 32.7 Å². The number of carbonyl (C=O) groups excluding carboxylic acids is 1. The molecule has 3 aromatic rings. The summed E-state index contributed by atoms with van der Waals surface area (Å²) in [5.74, 6) is 1.12. The molecule has 0 aromatic heterocycles. The molecule has 3 nitrogen and oxygen atoms in total. The molecule has 0 saturated carbocycles. The summed E-state index contributed by atoms with van der Waals surface area (Å²) in [4.78, 5) is 12.2. The maximum Gasteiger partial charge on any atom is 0.185 e. The Labute approximate surface area is 174 Å².